The zero-order chi connectivity index (χ0) is 17.9. The first-order valence-corrected chi connectivity index (χ1v) is 9.50. The van der Waals surface area contributed by atoms with Crippen molar-refractivity contribution in [2.24, 2.45) is 11.1 Å². The number of aromatic nitrogens is 3. The molecule has 1 aliphatic rings. The molecule has 2 aromatic heterocycles. The molecular formula is C16H19N5O3S. The maximum atomic E-state index is 12.4. The summed E-state index contributed by atoms with van der Waals surface area (Å²) in [6.07, 6.45) is 1.67. The molecule has 0 spiro atoms. The number of nitrogens with zero attached hydrogens (tertiary/aromatic N) is 3. The van der Waals surface area contributed by atoms with Crippen LogP contribution < -0.4 is 10.8 Å². The Morgan fingerprint density at radius 1 is 1.28 bits per heavy atom. The molecule has 9 heteroatoms. The lowest BCUT2D eigenvalue weighted by Crippen LogP contribution is -2.54. The van der Waals surface area contributed by atoms with Gasteiger partial charge in [0.1, 0.15) is 0 Å². The van der Waals surface area contributed by atoms with E-state index in [4.69, 9.17) is 5.14 Å². The second-order valence-corrected chi connectivity index (χ2v) is 8.29. The molecule has 0 aliphatic carbocycles. The summed E-state index contributed by atoms with van der Waals surface area (Å²) in [7, 11) is -3.65. The third kappa shape index (κ3) is 2.64. The summed E-state index contributed by atoms with van der Waals surface area (Å²) in [5.41, 5.74) is 4.40. The molecule has 3 N–H and O–H groups in total. The summed E-state index contributed by atoms with van der Waals surface area (Å²) in [4.78, 5) is 19.7. The van der Waals surface area contributed by atoms with Crippen LogP contribution in [0, 0.1) is 19.8 Å². The number of aromatic amines is 1. The molecule has 0 atom stereocenters. The molecule has 3 heterocycles. The molecule has 0 amide bonds. The van der Waals surface area contributed by atoms with E-state index >= 15 is 0 Å². The predicted molar refractivity (Wildman–Crippen MR) is 95.5 cm³/mol. The lowest BCUT2D eigenvalue weighted by molar-refractivity contribution is 0.180. The van der Waals surface area contributed by atoms with Gasteiger partial charge in [0.25, 0.3) is 10.2 Å². The van der Waals surface area contributed by atoms with E-state index in [2.05, 4.69) is 9.97 Å². The minimum atomic E-state index is -3.65. The van der Waals surface area contributed by atoms with Crippen molar-refractivity contribution in [1.82, 2.24) is 18.8 Å². The normalized spacial score (nSPS) is 16.6. The average molecular weight is 361 g/mol. The Balaban J connectivity index is 1.79. The highest BCUT2D eigenvalue weighted by atomic mass is 32.2. The van der Waals surface area contributed by atoms with E-state index in [9.17, 15) is 13.2 Å². The van der Waals surface area contributed by atoms with E-state index in [1.54, 1.807) is 10.8 Å². The molecular weight excluding hydrogens is 342 g/mol. The Kier molecular flexibility index (Phi) is 3.50. The minimum Gasteiger partial charge on any atom is -0.304 e. The number of fused-ring (bicyclic) bond motifs is 3. The van der Waals surface area contributed by atoms with Gasteiger partial charge in [0.2, 0.25) is 0 Å². The van der Waals surface area contributed by atoms with E-state index in [1.807, 2.05) is 26.0 Å². The molecule has 1 saturated heterocycles. The number of imidazole rings is 1. The molecule has 0 bridgehead atoms. The van der Waals surface area contributed by atoms with Crippen LogP contribution in [-0.2, 0) is 16.8 Å². The summed E-state index contributed by atoms with van der Waals surface area (Å²) in [6, 6.07) is 4.05. The molecule has 1 aromatic carbocycles. The summed E-state index contributed by atoms with van der Waals surface area (Å²) in [5, 5.41) is 6.04. The second-order valence-electron chi connectivity index (χ2n) is 6.74. The summed E-state index contributed by atoms with van der Waals surface area (Å²) in [5.74, 6) is 0.0600. The van der Waals surface area contributed by atoms with Crippen LogP contribution in [0.4, 0.5) is 0 Å². The van der Waals surface area contributed by atoms with Crippen LogP contribution in [0.5, 0.6) is 0 Å². The van der Waals surface area contributed by atoms with Crippen LogP contribution in [0.2, 0.25) is 0 Å². The fourth-order valence-corrected chi connectivity index (χ4v) is 4.22. The van der Waals surface area contributed by atoms with Gasteiger partial charge in [0.05, 0.1) is 22.7 Å². The highest BCUT2D eigenvalue weighted by Crippen LogP contribution is 2.26. The second kappa shape index (κ2) is 5.38. The van der Waals surface area contributed by atoms with Crippen LogP contribution in [0.25, 0.3) is 21.9 Å². The number of pyridine rings is 1. The van der Waals surface area contributed by atoms with Crippen molar-refractivity contribution in [3.8, 4) is 0 Å². The van der Waals surface area contributed by atoms with Crippen molar-refractivity contribution in [3.63, 3.8) is 0 Å². The Morgan fingerprint density at radius 3 is 2.64 bits per heavy atom. The minimum absolute atomic E-state index is 0.0600. The van der Waals surface area contributed by atoms with Crippen LogP contribution in [0.3, 0.4) is 0 Å². The number of nitrogens with two attached hydrogens (primary N) is 1. The van der Waals surface area contributed by atoms with Gasteiger partial charge < -0.3 is 4.98 Å². The maximum Gasteiger partial charge on any atom is 0.326 e. The highest BCUT2D eigenvalue weighted by Gasteiger charge is 2.34. The van der Waals surface area contributed by atoms with Crippen molar-refractivity contribution in [2.45, 2.75) is 20.4 Å². The molecule has 132 valence electrons. The van der Waals surface area contributed by atoms with Gasteiger partial charge in [-0.05, 0) is 37.1 Å². The molecule has 0 unspecified atom stereocenters. The van der Waals surface area contributed by atoms with Gasteiger partial charge in [-0.15, -0.1) is 0 Å². The fraction of sp³-hybridized carbons (Fsp3) is 0.375. The summed E-state index contributed by atoms with van der Waals surface area (Å²) >= 11 is 0. The standard InChI is InChI=1S/C16H19N5O3S/c1-9-3-12-13(4-10(9)2)18-5-14-15(12)21(16(22)19-14)8-11-6-20(7-11)25(17,23)24/h3-5,11H,6-8H2,1-2H3,(H,19,22)(H2,17,23,24). The molecule has 1 aliphatic heterocycles. The number of hydrogen-bond acceptors (Lipinski definition) is 4. The van der Waals surface area contributed by atoms with E-state index in [0.29, 0.717) is 25.2 Å². The van der Waals surface area contributed by atoms with Crippen molar-refractivity contribution in [1.29, 1.82) is 0 Å². The topological polar surface area (TPSA) is 114 Å². The maximum absolute atomic E-state index is 12.4. The lowest BCUT2D eigenvalue weighted by Gasteiger charge is -2.36. The quantitative estimate of drug-likeness (QED) is 0.712. The van der Waals surface area contributed by atoms with E-state index in [-0.39, 0.29) is 11.6 Å². The molecule has 8 nitrogen and oxygen atoms in total. The van der Waals surface area contributed by atoms with Gasteiger partial charge in [-0.25, -0.2) is 9.93 Å². The first-order chi connectivity index (χ1) is 11.7. The number of rotatable bonds is 3. The first kappa shape index (κ1) is 16.2. The van der Waals surface area contributed by atoms with E-state index in [1.165, 1.54) is 4.31 Å². The Morgan fingerprint density at radius 2 is 1.96 bits per heavy atom. The van der Waals surface area contributed by atoms with E-state index < -0.39 is 10.2 Å². The number of benzene rings is 1. The fourth-order valence-electron chi connectivity index (χ4n) is 3.38. The molecule has 0 saturated carbocycles. The third-order valence-corrected chi connectivity index (χ3v) is 5.95. The molecule has 0 radical (unpaired) electrons. The lowest BCUT2D eigenvalue weighted by atomic mass is 10.0. The van der Waals surface area contributed by atoms with Crippen molar-refractivity contribution in [3.05, 3.63) is 39.9 Å². The number of nitrogens with one attached hydrogen (secondary N) is 1. The molecule has 1 fully saturated rings. The predicted octanol–water partition coefficient (Wildman–Crippen LogP) is 0.630. The molecule has 4 rings (SSSR count). The SMILES string of the molecule is Cc1cc2ncc3[nH]c(=O)n(CC4CN(S(N)(=O)=O)C4)c3c2cc1C. The van der Waals surface area contributed by atoms with Crippen molar-refractivity contribution >= 4 is 32.1 Å². The van der Waals surface area contributed by atoms with Crippen LogP contribution in [-0.4, -0.2) is 40.3 Å². The Labute approximate surface area is 144 Å². The summed E-state index contributed by atoms with van der Waals surface area (Å²) < 4.78 is 25.5. The Hall–Kier alpha value is -2.23. The third-order valence-electron chi connectivity index (χ3n) is 4.94. The Bertz CT molecular complexity index is 1160. The summed E-state index contributed by atoms with van der Waals surface area (Å²) in [6.45, 7) is 5.16. The molecule has 3 aromatic rings. The number of aryl methyl sites for hydroxylation is 2. The number of H-pyrrole nitrogens is 1. The average Bonchev–Trinajstić information content (AvgIpc) is 2.78. The van der Waals surface area contributed by atoms with Gasteiger partial charge in [0, 0.05) is 30.9 Å². The van der Waals surface area contributed by atoms with Gasteiger partial charge in [-0.2, -0.15) is 12.7 Å². The van der Waals surface area contributed by atoms with Crippen LogP contribution in [0.1, 0.15) is 11.1 Å². The monoisotopic (exact) mass is 361 g/mol. The molecule has 25 heavy (non-hydrogen) atoms. The van der Waals surface area contributed by atoms with Crippen LogP contribution in [0.15, 0.2) is 23.1 Å². The van der Waals surface area contributed by atoms with Gasteiger partial charge in [-0.1, -0.05) is 0 Å². The largest absolute Gasteiger partial charge is 0.326 e. The number of hydrogen-bond donors (Lipinski definition) is 2. The van der Waals surface area contributed by atoms with Gasteiger partial charge >= 0.3 is 5.69 Å². The van der Waals surface area contributed by atoms with Gasteiger partial charge in [-0.3, -0.25) is 9.55 Å². The zero-order valence-electron chi connectivity index (χ0n) is 14.0. The van der Waals surface area contributed by atoms with Crippen molar-refractivity contribution in [2.75, 3.05) is 13.1 Å². The van der Waals surface area contributed by atoms with Gasteiger partial charge in [0.15, 0.2) is 0 Å². The zero-order valence-corrected chi connectivity index (χ0v) is 14.8. The first-order valence-electron chi connectivity index (χ1n) is 8.00. The highest BCUT2D eigenvalue weighted by molar-refractivity contribution is 7.86. The smallest absolute Gasteiger partial charge is 0.304 e. The van der Waals surface area contributed by atoms with Crippen molar-refractivity contribution < 1.29 is 8.42 Å². The van der Waals surface area contributed by atoms with E-state index in [0.717, 1.165) is 27.5 Å². The van der Waals surface area contributed by atoms with Crippen LogP contribution >= 0.6 is 0 Å².